The summed E-state index contributed by atoms with van der Waals surface area (Å²) in [5.41, 5.74) is 0. The van der Waals surface area contributed by atoms with Crippen molar-refractivity contribution < 1.29 is 14.3 Å². The largest absolute Gasteiger partial charge is 0.489 e. The minimum atomic E-state index is -0.603. The van der Waals surface area contributed by atoms with Gasteiger partial charge in [0, 0.05) is 4.47 Å². The number of ether oxygens (including phenoxy) is 2. The molecule has 0 N–H and O–H groups in total. The second-order valence-corrected chi connectivity index (χ2v) is 3.88. The van der Waals surface area contributed by atoms with Crippen LogP contribution in [-0.2, 0) is 9.53 Å². The van der Waals surface area contributed by atoms with Crippen molar-refractivity contribution >= 4 is 28.2 Å². The van der Waals surface area contributed by atoms with Crippen LogP contribution >= 0.6 is 15.9 Å². The Morgan fingerprint density at radius 2 is 2.13 bits per heavy atom. The van der Waals surface area contributed by atoms with Crippen molar-refractivity contribution in [3.05, 3.63) is 28.7 Å². The summed E-state index contributed by atoms with van der Waals surface area (Å²) in [6.45, 7) is 0.181. The van der Waals surface area contributed by atoms with E-state index in [2.05, 4.69) is 20.9 Å². The number of carbonyl (C=O) groups excluding carboxylic acids is 1. The molecule has 0 aliphatic carbocycles. The molecule has 15 heavy (non-hydrogen) atoms. The average Bonchev–Trinajstić information content (AvgIpc) is 2.63. The zero-order valence-corrected chi connectivity index (χ0v) is 9.31. The van der Waals surface area contributed by atoms with Gasteiger partial charge in [0.05, 0.1) is 0 Å². The van der Waals surface area contributed by atoms with Crippen LogP contribution in [0.5, 0.6) is 5.75 Å². The van der Waals surface area contributed by atoms with Crippen molar-refractivity contribution in [3.63, 3.8) is 0 Å². The normalized spacial score (nSPS) is 19.0. The highest BCUT2D eigenvalue weighted by Crippen LogP contribution is 2.16. The van der Waals surface area contributed by atoms with Crippen LogP contribution < -0.4 is 4.74 Å². The summed E-state index contributed by atoms with van der Waals surface area (Å²) in [6, 6.07) is 7.35. The molecule has 0 saturated carbocycles. The van der Waals surface area contributed by atoms with Gasteiger partial charge in [-0.05, 0) is 24.3 Å². The van der Waals surface area contributed by atoms with Crippen LogP contribution in [0.15, 0.2) is 33.7 Å². The van der Waals surface area contributed by atoms with Gasteiger partial charge < -0.3 is 9.47 Å². The third-order valence-corrected chi connectivity index (χ3v) is 2.42. The highest BCUT2D eigenvalue weighted by molar-refractivity contribution is 9.10. The van der Waals surface area contributed by atoms with E-state index >= 15 is 0 Å². The van der Waals surface area contributed by atoms with Gasteiger partial charge in [-0.3, -0.25) is 4.79 Å². The lowest BCUT2D eigenvalue weighted by Gasteiger charge is -2.09. The first-order chi connectivity index (χ1) is 7.25. The molecule has 2 rings (SSSR count). The second-order valence-electron chi connectivity index (χ2n) is 2.96. The quantitative estimate of drug-likeness (QED) is 0.841. The van der Waals surface area contributed by atoms with Gasteiger partial charge in [-0.15, -0.1) is 0 Å². The van der Waals surface area contributed by atoms with Crippen molar-refractivity contribution in [2.24, 2.45) is 4.99 Å². The minimum absolute atomic E-state index is 0.181. The molecule has 1 aliphatic rings. The van der Waals surface area contributed by atoms with Gasteiger partial charge in [0.25, 0.3) is 5.91 Å². The van der Waals surface area contributed by atoms with Crippen molar-refractivity contribution in [2.45, 2.75) is 6.10 Å². The first-order valence-electron chi connectivity index (χ1n) is 4.36. The standard InChI is InChI=1S/C10H8BrNO3/c11-7-1-3-8(4-2-7)14-5-9-10(13)12-6-15-9/h1-4,6,9H,5H2. The summed E-state index contributed by atoms with van der Waals surface area (Å²) in [6.07, 6.45) is 0.548. The summed E-state index contributed by atoms with van der Waals surface area (Å²) in [5.74, 6) is 0.397. The lowest BCUT2D eigenvalue weighted by molar-refractivity contribution is -0.123. The van der Waals surface area contributed by atoms with Gasteiger partial charge in [-0.25, -0.2) is 0 Å². The Labute approximate surface area is 95.0 Å². The van der Waals surface area contributed by atoms with Crippen molar-refractivity contribution in [2.75, 3.05) is 6.61 Å². The summed E-state index contributed by atoms with van der Waals surface area (Å²) >= 11 is 3.32. The van der Waals surface area contributed by atoms with Crippen LogP contribution in [0.3, 0.4) is 0 Å². The maximum absolute atomic E-state index is 11.0. The number of rotatable bonds is 3. The number of nitrogens with zero attached hydrogens (tertiary/aromatic N) is 1. The number of halogens is 1. The Morgan fingerprint density at radius 1 is 1.40 bits per heavy atom. The molecule has 0 spiro atoms. The van der Waals surface area contributed by atoms with E-state index in [9.17, 15) is 4.79 Å². The Kier molecular flexibility index (Phi) is 3.01. The molecule has 0 radical (unpaired) electrons. The second kappa shape index (κ2) is 4.44. The van der Waals surface area contributed by atoms with Gasteiger partial charge in [0.1, 0.15) is 12.4 Å². The van der Waals surface area contributed by atoms with Crippen molar-refractivity contribution in [1.29, 1.82) is 0 Å². The number of amides is 1. The maximum Gasteiger partial charge on any atom is 0.293 e. The SMILES string of the molecule is O=C1N=COC1COc1ccc(Br)cc1. The van der Waals surface area contributed by atoms with E-state index in [4.69, 9.17) is 9.47 Å². The third-order valence-electron chi connectivity index (χ3n) is 1.90. The summed E-state index contributed by atoms with van der Waals surface area (Å²) in [7, 11) is 0. The Balaban J connectivity index is 1.88. The molecule has 1 atom stereocenters. The zero-order chi connectivity index (χ0) is 10.7. The molecule has 0 bridgehead atoms. The summed E-state index contributed by atoms with van der Waals surface area (Å²) in [5, 5.41) is 0. The van der Waals surface area contributed by atoms with E-state index in [0.717, 1.165) is 10.9 Å². The van der Waals surface area contributed by atoms with E-state index in [0.29, 0.717) is 5.75 Å². The van der Waals surface area contributed by atoms with Crippen LogP contribution in [-0.4, -0.2) is 25.0 Å². The average molecular weight is 270 g/mol. The predicted octanol–water partition coefficient (Wildman–Crippen LogP) is 1.78. The van der Waals surface area contributed by atoms with Gasteiger partial charge >= 0.3 is 0 Å². The molecule has 1 aromatic carbocycles. The molecule has 5 heteroatoms. The maximum atomic E-state index is 11.0. The lowest BCUT2D eigenvalue weighted by Crippen LogP contribution is -2.24. The lowest BCUT2D eigenvalue weighted by atomic mass is 10.3. The summed E-state index contributed by atoms with van der Waals surface area (Å²) in [4.78, 5) is 14.5. The molecular weight excluding hydrogens is 262 g/mol. The van der Waals surface area contributed by atoms with Crippen LogP contribution in [0.25, 0.3) is 0 Å². The Hall–Kier alpha value is -1.36. The van der Waals surface area contributed by atoms with Gasteiger partial charge in [-0.2, -0.15) is 4.99 Å². The number of carbonyl (C=O) groups is 1. The Morgan fingerprint density at radius 3 is 2.73 bits per heavy atom. The van der Waals surface area contributed by atoms with Crippen LogP contribution in [0.1, 0.15) is 0 Å². The van der Waals surface area contributed by atoms with Gasteiger partial charge in [-0.1, -0.05) is 15.9 Å². The smallest absolute Gasteiger partial charge is 0.293 e. The van der Waals surface area contributed by atoms with E-state index < -0.39 is 6.10 Å². The van der Waals surface area contributed by atoms with Crippen molar-refractivity contribution in [3.8, 4) is 5.75 Å². The Bertz CT molecular complexity index is 388. The molecule has 1 heterocycles. The molecule has 78 valence electrons. The monoisotopic (exact) mass is 269 g/mol. The fourth-order valence-electron chi connectivity index (χ4n) is 1.11. The highest BCUT2D eigenvalue weighted by atomic mass is 79.9. The van der Waals surface area contributed by atoms with Crippen LogP contribution in [0, 0.1) is 0 Å². The van der Waals surface area contributed by atoms with E-state index in [-0.39, 0.29) is 12.5 Å². The number of aliphatic imine (C=N–C) groups is 1. The number of benzene rings is 1. The topological polar surface area (TPSA) is 47.9 Å². The minimum Gasteiger partial charge on any atom is -0.489 e. The fraction of sp³-hybridized carbons (Fsp3) is 0.200. The molecule has 1 unspecified atom stereocenters. The van der Waals surface area contributed by atoms with Crippen LogP contribution in [0.4, 0.5) is 0 Å². The number of hydrogen-bond donors (Lipinski definition) is 0. The highest BCUT2D eigenvalue weighted by Gasteiger charge is 2.23. The molecule has 1 aliphatic heterocycles. The van der Waals surface area contributed by atoms with E-state index in [1.165, 1.54) is 0 Å². The van der Waals surface area contributed by atoms with Crippen molar-refractivity contribution in [1.82, 2.24) is 0 Å². The first-order valence-corrected chi connectivity index (χ1v) is 5.15. The first kappa shape index (κ1) is 10.2. The molecule has 0 aromatic heterocycles. The molecule has 1 aromatic rings. The number of hydrogen-bond acceptors (Lipinski definition) is 3. The fourth-order valence-corrected chi connectivity index (χ4v) is 1.37. The van der Waals surface area contributed by atoms with E-state index in [1.54, 1.807) is 0 Å². The molecule has 0 fully saturated rings. The zero-order valence-electron chi connectivity index (χ0n) is 7.72. The third kappa shape index (κ3) is 2.56. The van der Waals surface area contributed by atoms with Crippen LogP contribution in [0.2, 0.25) is 0 Å². The van der Waals surface area contributed by atoms with Gasteiger partial charge in [0.15, 0.2) is 6.40 Å². The predicted molar refractivity (Wildman–Crippen MR) is 58.0 cm³/mol. The van der Waals surface area contributed by atoms with Gasteiger partial charge in [0.2, 0.25) is 6.10 Å². The van der Waals surface area contributed by atoms with E-state index in [1.807, 2.05) is 24.3 Å². The molecule has 4 nitrogen and oxygen atoms in total. The summed E-state index contributed by atoms with van der Waals surface area (Å²) < 4.78 is 11.3. The molecule has 1 amide bonds. The molecule has 0 saturated heterocycles. The molecular formula is C10H8BrNO3.